The van der Waals surface area contributed by atoms with Crippen LogP contribution in [0.2, 0.25) is 0 Å². The third kappa shape index (κ3) is 3.16. The fraction of sp³-hybridized carbons (Fsp3) is 0.600. The van der Waals surface area contributed by atoms with E-state index in [1.165, 1.54) is 0 Å². The van der Waals surface area contributed by atoms with Crippen LogP contribution in [0, 0.1) is 5.92 Å². The van der Waals surface area contributed by atoms with E-state index in [-0.39, 0.29) is 0 Å². The molecule has 1 rings (SSSR count). The fourth-order valence-electron chi connectivity index (χ4n) is 1.17. The molecule has 1 unspecified atom stereocenters. The molecule has 0 amide bonds. The minimum absolute atomic E-state index is 0.480. The number of furan rings is 1. The molecule has 1 atom stereocenters. The third-order valence-corrected chi connectivity index (χ3v) is 2.62. The van der Waals surface area contributed by atoms with Crippen molar-refractivity contribution in [2.24, 2.45) is 5.92 Å². The van der Waals surface area contributed by atoms with Crippen LogP contribution >= 0.6 is 15.9 Å². The second-order valence-corrected chi connectivity index (χ2v) is 4.47. The van der Waals surface area contributed by atoms with Crippen LogP contribution in [-0.4, -0.2) is 5.11 Å². The Morgan fingerprint density at radius 1 is 1.46 bits per heavy atom. The highest BCUT2D eigenvalue weighted by molar-refractivity contribution is 9.10. The van der Waals surface area contributed by atoms with Crippen molar-refractivity contribution < 1.29 is 9.52 Å². The van der Waals surface area contributed by atoms with Crippen molar-refractivity contribution in [1.82, 2.24) is 0 Å². The molecular weight excluding hydrogens is 232 g/mol. The zero-order valence-electron chi connectivity index (χ0n) is 7.96. The highest BCUT2D eigenvalue weighted by atomic mass is 79.9. The van der Waals surface area contributed by atoms with Crippen molar-refractivity contribution in [1.29, 1.82) is 0 Å². The molecule has 1 aromatic heterocycles. The number of aliphatic hydroxyl groups is 1. The first-order chi connectivity index (χ1) is 6.11. The molecule has 1 N–H and O–H groups in total. The van der Waals surface area contributed by atoms with E-state index in [2.05, 4.69) is 29.8 Å². The summed E-state index contributed by atoms with van der Waals surface area (Å²) in [4.78, 5) is 0. The monoisotopic (exact) mass is 246 g/mol. The maximum absolute atomic E-state index is 9.72. The van der Waals surface area contributed by atoms with E-state index in [1.54, 1.807) is 12.3 Å². The molecular formula is C10H15BrO2. The summed E-state index contributed by atoms with van der Waals surface area (Å²) in [7, 11) is 0. The van der Waals surface area contributed by atoms with E-state index < -0.39 is 6.10 Å². The van der Waals surface area contributed by atoms with Gasteiger partial charge in [0.2, 0.25) is 0 Å². The first-order valence-corrected chi connectivity index (χ1v) is 5.31. The summed E-state index contributed by atoms with van der Waals surface area (Å²) in [6.07, 6.45) is 2.86. The molecule has 0 aromatic carbocycles. The predicted octanol–water partition coefficient (Wildman–Crippen LogP) is 3.51. The van der Waals surface area contributed by atoms with E-state index in [1.807, 2.05) is 0 Å². The molecule has 0 saturated carbocycles. The average Bonchev–Trinajstić information content (AvgIpc) is 2.47. The van der Waals surface area contributed by atoms with Gasteiger partial charge in [-0.25, -0.2) is 0 Å². The van der Waals surface area contributed by atoms with Gasteiger partial charge in [-0.2, -0.15) is 0 Å². The predicted molar refractivity (Wildman–Crippen MR) is 55.4 cm³/mol. The molecule has 1 aromatic rings. The Labute approximate surface area is 87.1 Å². The zero-order chi connectivity index (χ0) is 9.84. The van der Waals surface area contributed by atoms with Gasteiger partial charge in [-0.3, -0.25) is 0 Å². The summed E-state index contributed by atoms with van der Waals surface area (Å²) >= 11 is 3.32. The van der Waals surface area contributed by atoms with E-state index in [0.29, 0.717) is 11.7 Å². The molecule has 0 saturated heterocycles. The molecule has 0 bridgehead atoms. The van der Waals surface area contributed by atoms with Gasteiger partial charge in [0, 0.05) is 0 Å². The maximum atomic E-state index is 9.72. The Balaban J connectivity index is 2.49. The second kappa shape index (κ2) is 4.82. The van der Waals surface area contributed by atoms with Crippen LogP contribution in [0.15, 0.2) is 21.2 Å². The summed E-state index contributed by atoms with van der Waals surface area (Å²) in [5.74, 6) is 1.25. The first-order valence-electron chi connectivity index (χ1n) is 4.52. The van der Waals surface area contributed by atoms with Gasteiger partial charge in [0.1, 0.15) is 11.9 Å². The lowest BCUT2D eigenvalue weighted by Crippen LogP contribution is -1.99. The standard InChI is InChI=1S/C10H15BrO2/c1-7(2)3-4-9(12)10-8(11)5-6-13-10/h5-7,9,12H,3-4H2,1-2H3. The largest absolute Gasteiger partial charge is 0.465 e. The van der Waals surface area contributed by atoms with Crippen molar-refractivity contribution in [3.8, 4) is 0 Å². The van der Waals surface area contributed by atoms with Crippen molar-refractivity contribution in [2.45, 2.75) is 32.8 Å². The first kappa shape index (κ1) is 10.8. The quantitative estimate of drug-likeness (QED) is 0.883. The van der Waals surface area contributed by atoms with Crippen LogP contribution < -0.4 is 0 Å². The van der Waals surface area contributed by atoms with Crippen LogP contribution in [0.5, 0.6) is 0 Å². The van der Waals surface area contributed by atoms with E-state index in [0.717, 1.165) is 17.3 Å². The van der Waals surface area contributed by atoms with E-state index in [9.17, 15) is 5.11 Å². The van der Waals surface area contributed by atoms with Gasteiger partial charge in [0.15, 0.2) is 0 Å². The Kier molecular flexibility index (Phi) is 4.00. The van der Waals surface area contributed by atoms with Crippen LogP contribution in [0.4, 0.5) is 0 Å². The Hall–Kier alpha value is -0.280. The van der Waals surface area contributed by atoms with Crippen LogP contribution in [0.1, 0.15) is 38.6 Å². The highest BCUT2D eigenvalue weighted by Crippen LogP contribution is 2.28. The van der Waals surface area contributed by atoms with Crippen molar-refractivity contribution >= 4 is 15.9 Å². The molecule has 0 fully saturated rings. The van der Waals surface area contributed by atoms with Crippen molar-refractivity contribution in [3.63, 3.8) is 0 Å². The molecule has 3 heteroatoms. The van der Waals surface area contributed by atoms with Gasteiger partial charge in [-0.1, -0.05) is 13.8 Å². The normalized spacial score (nSPS) is 13.6. The molecule has 2 nitrogen and oxygen atoms in total. The van der Waals surface area contributed by atoms with E-state index >= 15 is 0 Å². The minimum Gasteiger partial charge on any atom is -0.465 e. The topological polar surface area (TPSA) is 33.4 Å². The summed E-state index contributed by atoms with van der Waals surface area (Å²) < 4.78 is 6.01. The Morgan fingerprint density at radius 2 is 2.15 bits per heavy atom. The summed E-state index contributed by atoms with van der Waals surface area (Å²) in [6, 6.07) is 1.80. The minimum atomic E-state index is -0.480. The molecule has 1 heterocycles. The zero-order valence-corrected chi connectivity index (χ0v) is 9.54. The molecule has 0 aliphatic rings. The number of halogens is 1. The highest BCUT2D eigenvalue weighted by Gasteiger charge is 2.14. The lowest BCUT2D eigenvalue weighted by atomic mass is 10.0. The summed E-state index contributed by atoms with van der Waals surface area (Å²) in [6.45, 7) is 4.29. The average molecular weight is 247 g/mol. The Bertz CT molecular complexity index is 255. The smallest absolute Gasteiger partial charge is 0.146 e. The van der Waals surface area contributed by atoms with Crippen LogP contribution in [0.25, 0.3) is 0 Å². The molecule has 0 aliphatic heterocycles. The van der Waals surface area contributed by atoms with E-state index in [4.69, 9.17) is 4.42 Å². The summed E-state index contributed by atoms with van der Waals surface area (Å²) in [5, 5.41) is 9.72. The summed E-state index contributed by atoms with van der Waals surface area (Å²) in [5.41, 5.74) is 0. The van der Waals surface area contributed by atoms with Gasteiger partial charge in [-0.05, 0) is 40.8 Å². The van der Waals surface area contributed by atoms with Gasteiger partial charge < -0.3 is 9.52 Å². The number of rotatable bonds is 4. The third-order valence-electron chi connectivity index (χ3n) is 1.96. The van der Waals surface area contributed by atoms with Crippen LogP contribution in [0.3, 0.4) is 0 Å². The van der Waals surface area contributed by atoms with Gasteiger partial charge in [-0.15, -0.1) is 0 Å². The second-order valence-electron chi connectivity index (χ2n) is 3.62. The SMILES string of the molecule is CC(C)CCC(O)c1occc1Br. The van der Waals surface area contributed by atoms with Gasteiger partial charge >= 0.3 is 0 Å². The molecule has 0 radical (unpaired) electrons. The number of hydrogen-bond donors (Lipinski definition) is 1. The molecule has 0 spiro atoms. The fourth-order valence-corrected chi connectivity index (χ4v) is 1.63. The number of aliphatic hydroxyl groups excluding tert-OH is 1. The lowest BCUT2D eigenvalue weighted by molar-refractivity contribution is 0.132. The Morgan fingerprint density at radius 3 is 2.62 bits per heavy atom. The lowest BCUT2D eigenvalue weighted by Gasteiger charge is -2.09. The van der Waals surface area contributed by atoms with Gasteiger partial charge in [0.25, 0.3) is 0 Å². The van der Waals surface area contributed by atoms with Crippen molar-refractivity contribution in [2.75, 3.05) is 0 Å². The molecule has 13 heavy (non-hydrogen) atoms. The maximum Gasteiger partial charge on any atom is 0.146 e. The molecule has 74 valence electrons. The molecule has 0 aliphatic carbocycles. The van der Waals surface area contributed by atoms with Gasteiger partial charge in [0.05, 0.1) is 10.7 Å². The number of hydrogen-bond acceptors (Lipinski definition) is 2. The van der Waals surface area contributed by atoms with Crippen LogP contribution in [-0.2, 0) is 0 Å². The van der Waals surface area contributed by atoms with Crippen molar-refractivity contribution in [3.05, 3.63) is 22.6 Å².